The van der Waals surface area contributed by atoms with Crippen molar-refractivity contribution in [1.29, 1.82) is 0 Å². The highest BCUT2D eigenvalue weighted by Crippen LogP contribution is 2.29. The van der Waals surface area contributed by atoms with Gasteiger partial charge in [0.1, 0.15) is 5.75 Å². The number of imide groups is 1. The Morgan fingerprint density at radius 2 is 1.80 bits per heavy atom. The first-order valence-electron chi connectivity index (χ1n) is 4.54. The van der Waals surface area contributed by atoms with Gasteiger partial charge in [0.05, 0.1) is 11.4 Å². The summed E-state index contributed by atoms with van der Waals surface area (Å²) in [7, 11) is 0. The van der Waals surface area contributed by atoms with Crippen molar-refractivity contribution in [3.8, 4) is 5.75 Å². The second-order valence-corrected chi connectivity index (χ2v) is 3.37. The highest BCUT2D eigenvalue weighted by atomic mass is 16.3. The first kappa shape index (κ1) is 9.51. The van der Waals surface area contributed by atoms with E-state index in [1.54, 1.807) is 0 Å². The number of nitrogens with zero attached hydrogens (tertiary/aromatic N) is 1. The molecular formula is C10H10N2O3. The van der Waals surface area contributed by atoms with Crippen molar-refractivity contribution in [1.82, 2.24) is 0 Å². The average Bonchev–Trinajstić information content (AvgIpc) is 2.52. The molecule has 1 fully saturated rings. The Hall–Kier alpha value is -2.04. The molecule has 0 unspecified atom stereocenters. The highest BCUT2D eigenvalue weighted by Gasteiger charge is 2.30. The van der Waals surface area contributed by atoms with Crippen LogP contribution in [-0.4, -0.2) is 16.9 Å². The van der Waals surface area contributed by atoms with E-state index in [9.17, 15) is 14.7 Å². The summed E-state index contributed by atoms with van der Waals surface area (Å²) < 4.78 is 0. The predicted molar refractivity (Wildman–Crippen MR) is 54.2 cm³/mol. The first-order chi connectivity index (χ1) is 7.09. The van der Waals surface area contributed by atoms with Crippen LogP contribution in [0.15, 0.2) is 18.2 Å². The van der Waals surface area contributed by atoms with E-state index in [0.717, 1.165) is 4.90 Å². The Balaban J connectivity index is 2.41. The number of carbonyl (C=O) groups excluding carboxylic acids is 2. The van der Waals surface area contributed by atoms with Crippen molar-refractivity contribution < 1.29 is 14.7 Å². The number of hydrogen-bond donors (Lipinski definition) is 2. The molecule has 0 atom stereocenters. The molecule has 1 heterocycles. The Bertz CT molecular complexity index is 426. The third-order valence-corrected chi connectivity index (χ3v) is 2.32. The molecule has 0 aliphatic carbocycles. The van der Waals surface area contributed by atoms with E-state index in [1.165, 1.54) is 18.2 Å². The zero-order valence-corrected chi connectivity index (χ0v) is 7.93. The lowest BCUT2D eigenvalue weighted by Crippen LogP contribution is -2.28. The van der Waals surface area contributed by atoms with Crippen molar-refractivity contribution in [2.75, 3.05) is 10.6 Å². The third kappa shape index (κ3) is 1.52. The summed E-state index contributed by atoms with van der Waals surface area (Å²) in [5.41, 5.74) is 6.01. The topological polar surface area (TPSA) is 83.6 Å². The van der Waals surface area contributed by atoms with Gasteiger partial charge in [-0.15, -0.1) is 0 Å². The predicted octanol–water partition coefficient (Wildman–Crippen LogP) is 0.628. The Morgan fingerprint density at radius 1 is 1.20 bits per heavy atom. The van der Waals surface area contributed by atoms with Gasteiger partial charge in [0.2, 0.25) is 11.8 Å². The van der Waals surface area contributed by atoms with Gasteiger partial charge in [-0.2, -0.15) is 0 Å². The molecule has 3 N–H and O–H groups in total. The number of anilines is 2. The monoisotopic (exact) mass is 206 g/mol. The van der Waals surface area contributed by atoms with Crippen LogP contribution in [-0.2, 0) is 9.59 Å². The molecule has 0 radical (unpaired) electrons. The molecule has 15 heavy (non-hydrogen) atoms. The summed E-state index contributed by atoms with van der Waals surface area (Å²) in [5.74, 6) is -0.617. The number of nitrogens with two attached hydrogens (primary N) is 1. The number of hydrogen-bond acceptors (Lipinski definition) is 4. The van der Waals surface area contributed by atoms with E-state index in [4.69, 9.17) is 5.73 Å². The van der Waals surface area contributed by atoms with E-state index in [1.807, 2.05) is 0 Å². The largest absolute Gasteiger partial charge is 0.506 e. The van der Waals surface area contributed by atoms with Crippen LogP contribution in [0.4, 0.5) is 11.4 Å². The number of phenolic OH excluding ortho intramolecular Hbond substituents is 1. The van der Waals surface area contributed by atoms with Crippen LogP contribution in [0.2, 0.25) is 0 Å². The van der Waals surface area contributed by atoms with E-state index in [2.05, 4.69) is 0 Å². The Kier molecular flexibility index (Phi) is 2.07. The number of nitrogen functional groups attached to an aromatic ring is 1. The quantitative estimate of drug-likeness (QED) is 0.401. The molecule has 1 aliphatic heterocycles. The van der Waals surface area contributed by atoms with Crippen LogP contribution in [0.1, 0.15) is 12.8 Å². The van der Waals surface area contributed by atoms with Gasteiger partial charge in [0.25, 0.3) is 0 Å². The summed E-state index contributed by atoms with van der Waals surface area (Å²) in [6, 6.07) is 4.32. The normalized spacial score (nSPS) is 16.1. The molecule has 1 aromatic carbocycles. The van der Waals surface area contributed by atoms with Crippen molar-refractivity contribution in [2.45, 2.75) is 12.8 Å². The molecular weight excluding hydrogens is 196 g/mol. The molecule has 1 aliphatic rings. The molecule has 5 heteroatoms. The molecule has 0 saturated carbocycles. The smallest absolute Gasteiger partial charge is 0.234 e. The van der Waals surface area contributed by atoms with Gasteiger partial charge < -0.3 is 10.8 Å². The lowest BCUT2D eigenvalue weighted by molar-refractivity contribution is -0.121. The number of rotatable bonds is 1. The van der Waals surface area contributed by atoms with Crippen molar-refractivity contribution in [3.63, 3.8) is 0 Å². The van der Waals surface area contributed by atoms with Gasteiger partial charge in [0.15, 0.2) is 0 Å². The minimum atomic E-state index is -0.246. The summed E-state index contributed by atoms with van der Waals surface area (Å²) in [6.07, 6.45) is 0.452. The Morgan fingerprint density at radius 3 is 2.33 bits per heavy atom. The van der Waals surface area contributed by atoms with Crippen molar-refractivity contribution >= 4 is 23.2 Å². The minimum Gasteiger partial charge on any atom is -0.506 e. The number of benzene rings is 1. The van der Waals surface area contributed by atoms with Crippen molar-refractivity contribution in [2.24, 2.45) is 0 Å². The second-order valence-electron chi connectivity index (χ2n) is 3.37. The summed E-state index contributed by atoms with van der Waals surface area (Å²) >= 11 is 0. The fourth-order valence-corrected chi connectivity index (χ4v) is 1.54. The van der Waals surface area contributed by atoms with E-state index >= 15 is 0 Å². The number of amides is 2. The first-order valence-corrected chi connectivity index (χ1v) is 4.54. The minimum absolute atomic E-state index is 0.125. The SMILES string of the molecule is Nc1ccc(N2C(=O)CCC2=O)cc1O. The standard InChI is InChI=1S/C10H10N2O3/c11-7-2-1-6(5-8(7)13)12-9(14)3-4-10(12)15/h1-2,5,13H,3-4,11H2. The maximum absolute atomic E-state index is 11.4. The highest BCUT2D eigenvalue weighted by molar-refractivity contribution is 6.19. The summed E-state index contributed by atoms with van der Waals surface area (Å²) in [6.45, 7) is 0. The maximum Gasteiger partial charge on any atom is 0.234 e. The molecule has 1 aromatic rings. The number of phenols is 1. The lowest BCUT2D eigenvalue weighted by atomic mass is 10.2. The molecule has 2 rings (SSSR count). The fraction of sp³-hybridized carbons (Fsp3) is 0.200. The molecule has 0 aromatic heterocycles. The fourth-order valence-electron chi connectivity index (χ4n) is 1.54. The lowest BCUT2D eigenvalue weighted by Gasteiger charge is -2.14. The summed E-state index contributed by atoms with van der Waals surface area (Å²) in [4.78, 5) is 23.8. The third-order valence-electron chi connectivity index (χ3n) is 2.32. The van der Waals surface area contributed by atoms with Gasteiger partial charge in [-0.1, -0.05) is 0 Å². The average molecular weight is 206 g/mol. The van der Waals surface area contributed by atoms with Crippen LogP contribution >= 0.6 is 0 Å². The molecule has 2 amide bonds. The molecule has 5 nitrogen and oxygen atoms in total. The van der Waals surface area contributed by atoms with E-state index < -0.39 is 0 Å². The van der Waals surface area contributed by atoms with Crippen LogP contribution in [0, 0.1) is 0 Å². The van der Waals surface area contributed by atoms with Gasteiger partial charge in [-0.3, -0.25) is 14.5 Å². The number of carbonyl (C=O) groups is 2. The molecule has 0 spiro atoms. The van der Waals surface area contributed by atoms with Gasteiger partial charge in [-0.05, 0) is 12.1 Å². The van der Waals surface area contributed by atoms with Crippen LogP contribution in [0.25, 0.3) is 0 Å². The van der Waals surface area contributed by atoms with E-state index in [-0.39, 0.29) is 36.1 Å². The summed E-state index contributed by atoms with van der Waals surface area (Å²) in [5, 5.41) is 9.36. The molecule has 1 saturated heterocycles. The zero-order valence-electron chi connectivity index (χ0n) is 7.93. The van der Waals surface area contributed by atoms with Gasteiger partial charge in [0, 0.05) is 18.9 Å². The van der Waals surface area contributed by atoms with Crippen LogP contribution < -0.4 is 10.6 Å². The maximum atomic E-state index is 11.4. The van der Waals surface area contributed by atoms with Gasteiger partial charge in [-0.25, -0.2) is 0 Å². The molecule has 0 bridgehead atoms. The van der Waals surface area contributed by atoms with Gasteiger partial charge >= 0.3 is 0 Å². The van der Waals surface area contributed by atoms with Crippen molar-refractivity contribution in [3.05, 3.63) is 18.2 Å². The molecule has 78 valence electrons. The van der Waals surface area contributed by atoms with Crippen LogP contribution in [0.3, 0.4) is 0 Å². The van der Waals surface area contributed by atoms with E-state index in [0.29, 0.717) is 5.69 Å². The number of aromatic hydroxyl groups is 1. The zero-order chi connectivity index (χ0) is 11.0. The van der Waals surface area contributed by atoms with Crippen LogP contribution in [0.5, 0.6) is 5.75 Å². The Labute approximate surface area is 86.1 Å². The second kappa shape index (κ2) is 3.27.